The number of hydrazone groups is 1. The lowest BCUT2D eigenvalue weighted by Crippen LogP contribution is -2.27. The van der Waals surface area contributed by atoms with Crippen molar-refractivity contribution in [2.75, 3.05) is 18.7 Å². The Bertz CT molecular complexity index is 401. The molecule has 1 aromatic carbocycles. The summed E-state index contributed by atoms with van der Waals surface area (Å²) in [7, 11) is 1.82. The van der Waals surface area contributed by atoms with Crippen molar-refractivity contribution in [2.45, 2.75) is 12.8 Å². The van der Waals surface area contributed by atoms with Crippen molar-refractivity contribution in [3.05, 3.63) is 30.3 Å². The van der Waals surface area contributed by atoms with Gasteiger partial charge in [0.2, 0.25) is 0 Å². The summed E-state index contributed by atoms with van der Waals surface area (Å²) in [5.41, 5.74) is 1.45. The first-order valence-corrected chi connectivity index (χ1v) is 5.31. The van der Waals surface area contributed by atoms with E-state index in [1.165, 1.54) is 0 Å². The van der Waals surface area contributed by atoms with E-state index in [1.807, 2.05) is 37.4 Å². The number of rotatable bonds is 2. The number of para-hydroxylation sites is 1. The Morgan fingerprint density at radius 3 is 2.75 bits per heavy atom. The summed E-state index contributed by atoms with van der Waals surface area (Å²) in [6, 6.07) is 9.70. The molecule has 0 bridgehead atoms. The van der Waals surface area contributed by atoms with Crippen LogP contribution in [0.25, 0.3) is 0 Å². The Balaban J connectivity index is 2.14. The second-order valence-corrected chi connectivity index (χ2v) is 3.65. The molecule has 0 aliphatic carbocycles. The number of ether oxygens (including phenoxy) is 1. The Hall–Kier alpha value is -1.84. The van der Waals surface area contributed by atoms with Crippen LogP contribution in [0, 0.1) is 0 Å². The summed E-state index contributed by atoms with van der Waals surface area (Å²) >= 11 is 0. The lowest BCUT2D eigenvalue weighted by atomic mass is 10.2. The number of esters is 1. The number of hydrogen-bond donors (Lipinski definition) is 0. The van der Waals surface area contributed by atoms with Crippen molar-refractivity contribution in [3.63, 3.8) is 0 Å². The average molecular weight is 218 g/mol. The molecule has 1 saturated heterocycles. The minimum atomic E-state index is -0.297. The molecule has 1 fully saturated rings. The van der Waals surface area contributed by atoms with Crippen LogP contribution < -0.4 is 5.01 Å². The van der Waals surface area contributed by atoms with Gasteiger partial charge in [-0.25, -0.2) is 4.79 Å². The van der Waals surface area contributed by atoms with Crippen LogP contribution in [0.1, 0.15) is 12.8 Å². The van der Waals surface area contributed by atoms with E-state index in [0.29, 0.717) is 18.7 Å². The fourth-order valence-corrected chi connectivity index (χ4v) is 1.56. The van der Waals surface area contributed by atoms with E-state index in [4.69, 9.17) is 4.74 Å². The van der Waals surface area contributed by atoms with Gasteiger partial charge in [0.1, 0.15) is 5.71 Å². The molecule has 1 aromatic rings. The third-order valence-corrected chi connectivity index (χ3v) is 2.43. The molecule has 0 radical (unpaired) electrons. The second kappa shape index (κ2) is 4.79. The van der Waals surface area contributed by atoms with E-state index in [2.05, 4.69) is 5.10 Å². The zero-order valence-electron chi connectivity index (χ0n) is 9.22. The minimum Gasteiger partial charge on any atom is -0.461 e. The molecule has 16 heavy (non-hydrogen) atoms. The Morgan fingerprint density at radius 2 is 2.06 bits per heavy atom. The summed E-state index contributed by atoms with van der Waals surface area (Å²) in [5.74, 6) is -0.297. The van der Waals surface area contributed by atoms with Gasteiger partial charge in [0.05, 0.1) is 12.3 Å². The predicted molar refractivity (Wildman–Crippen MR) is 62.5 cm³/mol. The highest BCUT2D eigenvalue weighted by Gasteiger charge is 2.19. The maximum absolute atomic E-state index is 11.4. The van der Waals surface area contributed by atoms with Crippen molar-refractivity contribution in [2.24, 2.45) is 5.10 Å². The molecule has 1 aliphatic heterocycles. The fourth-order valence-electron chi connectivity index (χ4n) is 1.56. The van der Waals surface area contributed by atoms with Gasteiger partial charge < -0.3 is 4.74 Å². The highest BCUT2D eigenvalue weighted by Crippen LogP contribution is 2.13. The van der Waals surface area contributed by atoms with Crippen LogP contribution in [0.4, 0.5) is 5.69 Å². The van der Waals surface area contributed by atoms with Crippen LogP contribution in [-0.2, 0) is 9.53 Å². The van der Waals surface area contributed by atoms with Crippen molar-refractivity contribution in [1.29, 1.82) is 0 Å². The third-order valence-electron chi connectivity index (χ3n) is 2.43. The highest BCUT2D eigenvalue weighted by atomic mass is 16.5. The molecule has 0 aromatic heterocycles. The normalized spacial score (nSPS) is 18.3. The second-order valence-electron chi connectivity index (χ2n) is 3.65. The number of carbonyl (C=O) groups is 1. The van der Waals surface area contributed by atoms with E-state index in [9.17, 15) is 4.79 Å². The number of cyclic esters (lactones) is 1. The van der Waals surface area contributed by atoms with Crippen LogP contribution in [-0.4, -0.2) is 25.3 Å². The van der Waals surface area contributed by atoms with Gasteiger partial charge in [-0.3, -0.25) is 5.01 Å². The number of carbonyl (C=O) groups excluding carboxylic acids is 1. The summed E-state index contributed by atoms with van der Waals surface area (Å²) in [6.45, 7) is 0.507. The molecule has 0 unspecified atom stereocenters. The number of anilines is 1. The van der Waals surface area contributed by atoms with Gasteiger partial charge >= 0.3 is 5.97 Å². The summed E-state index contributed by atoms with van der Waals surface area (Å²) in [4.78, 5) is 11.4. The summed E-state index contributed by atoms with van der Waals surface area (Å²) in [6.07, 6.45) is 1.54. The highest BCUT2D eigenvalue weighted by molar-refractivity contribution is 6.37. The van der Waals surface area contributed by atoms with Crippen molar-refractivity contribution in [3.8, 4) is 0 Å². The molecule has 4 heteroatoms. The Morgan fingerprint density at radius 1 is 1.31 bits per heavy atom. The number of nitrogens with zero attached hydrogens (tertiary/aromatic N) is 2. The minimum absolute atomic E-state index is 0.297. The zero-order chi connectivity index (χ0) is 11.4. The zero-order valence-corrected chi connectivity index (χ0v) is 9.22. The van der Waals surface area contributed by atoms with E-state index in [0.717, 1.165) is 12.1 Å². The van der Waals surface area contributed by atoms with Gasteiger partial charge in [0.15, 0.2) is 0 Å². The lowest BCUT2D eigenvalue weighted by Gasteiger charge is -2.17. The fraction of sp³-hybridized carbons (Fsp3) is 0.333. The van der Waals surface area contributed by atoms with E-state index >= 15 is 0 Å². The number of benzene rings is 1. The Kier molecular flexibility index (Phi) is 3.19. The molecule has 1 aliphatic rings. The van der Waals surface area contributed by atoms with E-state index in [1.54, 1.807) is 5.01 Å². The van der Waals surface area contributed by atoms with Crippen LogP contribution >= 0.6 is 0 Å². The van der Waals surface area contributed by atoms with Gasteiger partial charge in [-0.15, -0.1) is 0 Å². The first kappa shape index (κ1) is 10.7. The van der Waals surface area contributed by atoms with Gasteiger partial charge in [0.25, 0.3) is 0 Å². The lowest BCUT2D eigenvalue weighted by molar-refractivity contribution is -0.137. The summed E-state index contributed by atoms with van der Waals surface area (Å²) in [5, 5.41) is 5.96. The van der Waals surface area contributed by atoms with Crippen LogP contribution in [0.15, 0.2) is 35.4 Å². The Labute approximate surface area is 94.5 Å². The number of hydrogen-bond acceptors (Lipinski definition) is 4. The smallest absolute Gasteiger partial charge is 0.354 e. The molecule has 0 atom stereocenters. The molecule has 0 spiro atoms. The first-order chi connectivity index (χ1) is 7.77. The SMILES string of the molecule is CN(N=C1CCCOC1=O)c1ccccc1. The van der Waals surface area contributed by atoms with Gasteiger partial charge in [-0.2, -0.15) is 5.10 Å². The largest absolute Gasteiger partial charge is 0.461 e. The van der Waals surface area contributed by atoms with Crippen molar-refractivity contribution < 1.29 is 9.53 Å². The third kappa shape index (κ3) is 2.39. The topological polar surface area (TPSA) is 41.9 Å². The quantitative estimate of drug-likeness (QED) is 0.561. The molecule has 4 nitrogen and oxygen atoms in total. The van der Waals surface area contributed by atoms with Gasteiger partial charge in [-0.05, 0) is 18.6 Å². The average Bonchev–Trinajstić information content (AvgIpc) is 2.33. The maximum Gasteiger partial charge on any atom is 0.354 e. The van der Waals surface area contributed by atoms with Crippen molar-refractivity contribution >= 4 is 17.4 Å². The molecule has 2 rings (SSSR count). The van der Waals surface area contributed by atoms with Gasteiger partial charge in [-0.1, -0.05) is 18.2 Å². The predicted octanol–water partition coefficient (Wildman–Crippen LogP) is 1.82. The molecule has 0 amide bonds. The first-order valence-electron chi connectivity index (χ1n) is 5.31. The molecule has 84 valence electrons. The molecule has 0 saturated carbocycles. The monoisotopic (exact) mass is 218 g/mol. The van der Waals surface area contributed by atoms with E-state index < -0.39 is 0 Å². The standard InChI is InChI=1S/C12H14N2O2/c1-14(10-6-3-2-4-7-10)13-11-8-5-9-16-12(11)15/h2-4,6-7H,5,8-9H2,1H3. The maximum atomic E-state index is 11.4. The van der Waals surface area contributed by atoms with Crippen LogP contribution in [0.2, 0.25) is 0 Å². The molecule has 1 heterocycles. The van der Waals surface area contributed by atoms with Crippen molar-refractivity contribution in [1.82, 2.24) is 0 Å². The summed E-state index contributed by atoms with van der Waals surface area (Å²) < 4.78 is 4.93. The van der Waals surface area contributed by atoms with Crippen LogP contribution in [0.3, 0.4) is 0 Å². The van der Waals surface area contributed by atoms with Crippen LogP contribution in [0.5, 0.6) is 0 Å². The van der Waals surface area contributed by atoms with E-state index in [-0.39, 0.29) is 5.97 Å². The molecular weight excluding hydrogens is 204 g/mol. The van der Waals surface area contributed by atoms with Gasteiger partial charge in [0, 0.05) is 13.5 Å². The molecule has 0 N–H and O–H groups in total. The molecular formula is C12H14N2O2.